The van der Waals surface area contributed by atoms with Crippen LogP contribution in [-0.2, 0) is 9.59 Å². The second kappa shape index (κ2) is 8.52. The highest BCUT2D eigenvalue weighted by atomic mass is 16.2. The maximum absolute atomic E-state index is 12.3. The Kier molecular flexibility index (Phi) is 6.39. The SMILES string of the molecule is CC(=O)N(CCC(=O)Nc1ccc(N(C)C)cc1)c1cc(C)cc(C)c1. The van der Waals surface area contributed by atoms with E-state index in [1.54, 1.807) is 4.90 Å². The molecule has 0 aliphatic heterocycles. The van der Waals surface area contributed by atoms with Gasteiger partial charge in [0.1, 0.15) is 0 Å². The van der Waals surface area contributed by atoms with Gasteiger partial charge in [0, 0.05) is 51.0 Å². The summed E-state index contributed by atoms with van der Waals surface area (Å²) in [5.41, 5.74) is 4.84. The van der Waals surface area contributed by atoms with Crippen molar-refractivity contribution in [1.29, 1.82) is 0 Å². The molecule has 5 nitrogen and oxygen atoms in total. The Balaban J connectivity index is 2.00. The van der Waals surface area contributed by atoms with Crippen LogP contribution in [-0.4, -0.2) is 32.5 Å². The quantitative estimate of drug-likeness (QED) is 0.860. The van der Waals surface area contributed by atoms with Gasteiger partial charge in [0.15, 0.2) is 0 Å². The van der Waals surface area contributed by atoms with Gasteiger partial charge in [-0.2, -0.15) is 0 Å². The predicted molar refractivity (Wildman–Crippen MR) is 108 cm³/mol. The van der Waals surface area contributed by atoms with Crippen molar-refractivity contribution in [2.45, 2.75) is 27.2 Å². The Hall–Kier alpha value is -2.82. The van der Waals surface area contributed by atoms with Crippen LogP contribution in [0.25, 0.3) is 0 Å². The summed E-state index contributed by atoms with van der Waals surface area (Å²) in [5.74, 6) is -0.184. The van der Waals surface area contributed by atoms with Gasteiger partial charge in [-0.1, -0.05) is 6.07 Å². The summed E-state index contributed by atoms with van der Waals surface area (Å²) in [5, 5.41) is 2.88. The van der Waals surface area contributed by atoms with Crippen molar-refractivity contribution < 1.29 is 9.59 Å². The molecular weight excluding hydrogens is 326 g/mol. The van der Waals surface area contributed by atoms with E-state index in [1.807, 2.05) is 69.2 Å². The lowest BCUT2D eigenvalue weighted by Gasteiger charge is -2.22. The van der Waals surface area contributed by atoms with Crippen LogP contribution >= 0.6 is 0 Å². The molecule has 0 radical (unpaired) electrons. The summed E-state index contributed by atoms with van der Waals surface area (Å²) in [6.45, 7) is 5.87. The molecule has 2 rings (SSSR count). The molecule has 0 aromatic heterocycles. The zero-order valence-corrected chi connectivity index (χ0v) is 16.2. The minimum absolute atomic E-state index is 0.0712. The van der Waals surface area contributed by atoms with E-state index in [0.29, 0.717) is 6.54 Å². The Bertz CT molecular complexity index is 762. The number of hydrogen-bond acceptors (Lipinski definition) is 3. The van der Waals surface area contributed by atoms with E-state index < -0.39 is 0 Å². The van der Waals surface area contributed by atoms with Crippen LogP contribution in [0, 0.1) is 13.8 Å². The zero-order chi connectivity index (χ0) is 19.3. The Morgan fingerprint density at radius 3 is 2.00 bits per heavy atom. The van der Waals surface area contributed by atoms with Crippen LogP contribution in [0.2, 0.25) is 0 Å². The topological polar surface area (TPSA) is 52.7 Å². The Morgan fingerprint density at radius 1 is 0.923 bits per heavy atom. The highest BCUT2D eigenvalue weighted by Crippen LogP contribution is 2.20. The minimum atomic E-state index is -0.113. The Morgan fingerprint density at radius 2 is 1.50 bits per heavy atom. The zero-order valence-electron chi connectivity index (χ0n) is 16.2. The van der Waals surface area contributed by atoms with Crippen LogP contribution in [0.5, 0.6) is 0 Å². The summed E-state index contributed by atoms with van der Waals surface area (Å²) in [7, 11) is 3.94. The predicted octanol–water partition coefficient (Wildman–Crippen LogP) is 3.75. The second-order valence-corrected chi connectivity index (χ2v) is 6.76. The van der Waals surface area contributed by atoms with Crippen LogP contribution < -0.4 is 15.1 Å². The largest absolute Gasteiger partial charge is 0.378 e. The first-order valence-electron chi connectivity index (χ1n) is 8.70. The lowest BCUT2D eigenvalue weighted by atomic mass is 10.1. The van der Waals surface area contributed by atoms with Gasteiger partial charge in [0.2, 0.25) is 11.8 Å². The normalized spacial score (nSPS) is 10.3. The molecular formula is C21H27N3O2. The van der Waals surface area contributed by atoms with Crippen molar-refractivity contribution in [1.82, 2.24) is 0 Å². The van der Waals surface area contributed by atoms with Gasteiger partial charge < -0.3 is 15.1 Å². The average Bonchev–Trinajstić information content (AvgIpc) is 2.54. The number of aryl methyl sites for hydroxylation is 2. The number of rotatable bonds is 6. The maximum Gasteiger partial charge on any atom is 0.226 e. The van der Waals surface area contributed by atoms with Crippen molar-refractivity contribution in [3.05, 3.63) is 53.6 Å². The molecule has 2 amide bonds. The smallest absolute Gasteiger partial charge is 0.226 e. The van der Waals surface area contributed by atoms with Crippen molar-refractivity contribution in [2.24, 2.45) is 0 Å². The van der Waals surface area contributed by atoms with Crippen LogP contribution in [0.3, 0.4) is 0 Å². The van der Waals surface area contributed by atoms with Gasteiger partial charge in [-0.05, 0) is 61.4 Å². The number of carbonyl (C=O) groups excluding carboxylic acids is 2. The van der Waals surface area contributed by atoms with Gasteiger partial charge in [0.25, 0.3) is 0 Å². The van der Waals surface area contributed by atoms with Gasteiger partial charge in [-0.3, -0.25) is 9.59 Å². The summed E-state index contributed by atoms with van der Waals surface area (Å²) >= 11 is 0. The van der Waals surface area contributed by atoms with E-state index in [4.69, 9.17) is 0 Å². The molecule has 2 aromatic rings. The molecule has 1 N–H and O–H groups in total. The number of nitrogens with zero attached hydrogens (tertiary/aromatic N) is 2. The first-order valence-corrected chi connectivity index (χ1v) is 8.70. The number of amides is 2. The standard InChI is InChI=1S/C21H27N3O2/c1-15-12-16(2)14-20(13-15)24(17(3)25)11-10-21(26)22-18-6-8-19(9-7-18)23(4)5/h6-9,12-14H,10-11H2,1-5H3,(H,22,26). The van der Waals surface area contributed by atoms with Gasteiger partial charge >= 0.3 is 0 Å². The molecule has 0 aliphatic rings. The molecule has 0 heterocycles. The Labute approximate surface area is 155 Å². The lowest BCUT2D eigenvalue weighted by molar-refractivity contribution is -0.117. The first kappa shape index (κ1) is 19.5. The molecule has 0 fully saturated rings. The fourth-order valence-corrected chi connectivity index (χ4v) is 2.85. The number of nitrogens with one attached hydrogen (secondary N) is 1. The second-order valence-electron chi connectivity index (χ2n) is 6.76. The van der Waals surface area contributed by atoms with Crippen LogP contribution in [0.4, 0.5) is 17.1 Å². The number of benzene rings is 2. The highest BCUT2D eigenvalue weighted by molar-refractivity contribution is 5.95. The van der Waals surface area contributed by atoms with E-state index in [9.17, 15) is 9.59 Å². The molecule has 26 heavy (non-hydrogen) atoms. The van der Waals surface area contributed by atoms with E-state index in [1.165, 1.54) is 6.92 Å². The molecule has 0 spiro atoms. The molecule has 0 saturated carbocycles. The van der Waals surface area contributed by atoms with Gasteiger partial charge in [-0.25, -0.2) is 0 Å². The number of anilines is 3. The summed E-state index contributed by atoms with van der Waals surface area (Å²) in [4.78, 5) is 27.9. The third kappa shape index (κ3) is 5.34. The monoisotopic (exact) mass is 353 g/mol. The summed E-state index contributed by atoms with van der Waals surface area (Å²) < 4.78 is 0. The molecule has 0 bridgehead atoms. The van der Waals surface area contributed by atoms with Crippen molar-refractivity contribution >= 4 is 28.9 Å². The third-order valence-electron chi connectivity index (χ3n) is 4.13. The number of carbonyl (C=O) groups is 2. The van der Waals surface area contributed by atoms with Gasteiger partial charge in [-0.15, -0.1) is 0 Å². The summed E-state index contributed by atoms with van der Waals surface area (Å²) in [6.07, 6.45) is 0.238. The lowest BCUT2D eigenvalue weighted by Crippen LogP contribution is -2.32. The number of hydrogen-bond donors (Lipinski definition) is 1. The van der Waals surface area contributed by atoms with Crippen molar-refractivity contribution in [2.75, 3.05) is 35.8 Å². The van der Waals surface area contributed by atoms with Crippen LogP contribution in [0.1, 0.15) is 24.5 Å². The fourth-order valence-electron chi connectivity index (χ4n) is 2.85. The van der Waals surface area contributed by atoms with Gasteiger partial charge in [0.05, 0.1) is 0 Å². The molecule has 0 atom stereocenters. The van der Waals surface area contributed by atoms with E-state index >= 15 is 0 Å². The maximum atomic E-state index is 12.3. The third-order valence-corrected chi connectivity index (χ3v) is 4.13. The molecule has 0 saturated heterocycles. The molecule has 2 aromatic carbocycles. The molecule has 0 aliphatic carbocycles. The average molecular weight is 353 g/mol. The van der Waals surface area contributed by atoms with Crippen molar-refractivity contribution in [3.8, 4) is 0 Å². The molecule has 5 heteroatoms. The van der Waals surface area contributed by atoms with Crippen LogP contribution in [0.15, 0.2) is 42.5 Å². The van der Waals surface area contributed by atoms with E-state index in [0.717, 1.165) is 28.2 Å². The summed E-state index contributed by atoms with van der Waals surface area (Å²) in [6, 6.07) is 13.6. The van der Waals surface area contributed by atoms with E-state index in [2.05, 4.69) is 11.4 Å². The van der Waals surface area contributed by atoms with E-state index in [-0.39, 0.29) is 18.2 Å². The minimum Gasteiger partial charge on any atom is -0.378 e. The molecule has 138 valence electrons. The van der Waals surface area contributed by atoms with Crippen molar-refractivity contribution in [3.63, 3.8) is 0 Å². The first-order chi connectivity index (χ1) is 12.3. The fraction of sp³-hybridized carbons (Fsp3) is 0.333. The highest BCUT2D eigenvalue weighted by Gasteiger charge is 2.14. The molecule has 0 unspecified atom stereocenters.